The normalized spacial score (nSPS) is 18.2. The van der Waals surface area contributed by atoms with Gasteiger partial charge in [-0.2, -0.15) is 0 Å². The van der Waals surface area contributed by atoms with Crippen LogP contribution in [0, 0.1) is 0 Å². The summed E-state index contributed by atoms with van der Waals surface area (Å²) in [6.45, 7) is 7.25. The van der Waals surface area contributed by atoms with Crippen LogP contribution >= 0.6 is 0 Å². The molecule has 0 radical (unpaired) electrons. The molecule has 1 saturated heterocycles. The lowest BCUT2D eigenvalue weighted by molar-refractivity contribution is -0.127. The molecule has 0 spiro atoms. The van der Waals surface area contributed by atoms with Gasteiger partial charge in [0.2, 0.25) is 5.91 Å². The second-order valence-corrected chi connectivity index (χ2v) is 3.40. The van der Waals surface area contributed by atoms with Crippen LogP contribution in [0.1, 0.15) is 19.8 Å². The summed E-state index contributed by atoms with van der Waals surface area (Å²) >= 11 is 0. The van der Waals surface area contributed by atoms with Crippen molar-refractivity contribution in [3.8, 4) is 0 Å². The molecule has 1 aliphatic rings. The van der Waals surface area contributed by atoms with Crippen LogP contribution in [-0.4, -0.2) is 23.9 Å². The molecule has 0 saturated carbocycles. The van der Waals surface area contributed by atoms with Crippen LogP contribution in [0.15, 0.2) is 36.5 Å². The second-order valence-electron chi connectivity index (χ2n) is 3.40. The average Bonchev–Trinajstić information content (AvgIpc) is 2.53. The van der Waals surface area contributed by atoms with Crippen LogP contribution in [-0.2, 0) is 4.79 Å². The number of rotatable bonds is 4. The standard InChI is InChI=1S/C12H17NO/c1-3-6-11(7-4-2)10-13-9-5-8-12(13)14/h3-4,6-7H,1,5,8-10H2,2H3/b7-4-,11-6+. The number of carbonyl (C=O) groups is 1. The van der Waals surface area contributed by atoms with E-state index in [1.54, 1.807) is 6.08 Å². The maximum absolute atomic E-state index is 11.4. The third kappa shape index (κ3) is 2.87. The van der Waals surface area contributed by atoms with E-state index in [0.29, 0.717) is 6.42 Å². The molecule has 2 heteroatoms. The molecule has 1 rings (SSSR count). The van der Waals surface area contributed by atoms with E-state index in [4.69, 9.17) is 0 Å². The predicted molar refractivity (Wildman–Crippen MR) is 58.9 cm³/mol. The lowest BCUT2D eigenvalue weighted by atomic mass is 10.2. The summed E-state index contributed by atoms with van der Waals surface area (Å²) < 4.78 is 0. The molecule has 0 aromatic rings. The fourth-order valence-electron chi connectivity index (χ4n) is 1.62. The lowest BCUT2D eigenvalue weighted by Crippen LogP contribution is -2.26. The maximum atomic E-state index is 11.4. The fourth-order valence-corrected chi connectivity index (χ4v) is 1.62. The molecule has 1 amide bonds. The van der Waals surface area contributed by atoms with Crippen LogP contribution in [0.25, 0.3) is 0 Å². The predicted octanol–water partition coefficient (Wildman–Crippen LogP) is 2.30. The summed E-state index contributed by atoms with van der Waals surface area (Å²) in [5.74, 6) is 0.268. The number of hydrogen-bond donors (Lipinski definition) is 0. The Morgan fingerprint density at radius 1 is 1.64 bits per heavy atom. The molecule has 0 aromatic carbocycles. The molecule has 1 aliphatic heterocycles. The Hall–Kier alpha value is -1.31. The average molecular weight is 191 g/mol. The van der Waals surface area contributed by atoms with Gasteiger partial charge in [-0.3, -0.25) is 4.79 Å². The minimum atomic E-state index is 0.268. The Kier molecular flexibility index (Phi) is 4.17. The van der Waals surface area contributed by atoms with Crippen LogP contribution in [0.5, 0.6) is 0 Å². The second kappa shape index (κ2) is 5.43. The van der Waals surface area contributed by atoms with Gasteiger partial charge in [-0.1, -0.05) is 30.9 Å². The Balaban J connectivity index is 2.59. The Morgan fingerprint density at radius 2 is 2.43 bits per heavy atom. The van der Waals surface area contributed by atoms with Gasteiger partial charge in [0.15, 0.2) is 0 Å². The molecular weight excluding hydrogens is 174 g/mol. The van der Waals surface area contributed by atoms with Gasteiger partial charge in [-0.25, -0.2) is 0 Å². The number of amides is 1. The minimum absolute atomic E-state index is 0.268. The molecule has 0 atom stereocenters. The van der Waals surface area contributed by atoms with Crippen molar-refractivity contribution in [2.45, 2.75) is 19.8 Å². The van der Waals surface area contributed by atoms with E-state index in [-0.39, 0.29) is 5.91 Å². The van der Waals surface area contributed by atoms with Crippen LogP contribution < -0.4 is 0 Å². The molecular formula is C12H17NO. The van der Waals surface area contributed by atoms with Gasteiger partial charge in [-0.15, -0.1) is 0 Å². The van der Waals surface area contributed by atoms with Crippen molar-refractivity contribution in [2.24, 2.45) is 0 Å². The third-order valence-electron chi connectivity index (χ3n) is 2.26. The number of nitrogens with zero attached hydrogens (tertiary/aromatic N) is 1. The number of allylic oxidation sites excluding steroid dienone is 3. The summed E-state index contributed by atoms with van der Waals surface area (Å²) in [7, 11) is 0. The summed E-state index contributed by atoms with van der Waals surface area (Å²) in [4.78, 5) is 13.3. The zero-order valence-electron chi connectivity index (χ0n) is 8.70. The highest BCUT2D eigenvalue weighted by atomic mass is 16.2. The van der Waals surface area contributed by atoms with Gasteiger partial charge in [0.1, 0.15) is 0 Å². The van der Waals surface area contributed by atoms with Gasteiger partial charge in [0.25, 0.3) is 0 Å². The van der Waals surface area contributed by atoms with Gasteiger partial charge >= 0.3 is 0 Å². The molecule has 0 aromatic heterocycles. The van der Waals surface area contributed by atoms with Gasteiger partial charge in [0.05, 0.1) is 0 Å². The summed E-state index contributed by atoms with van der Waals surface area (Å²) in [6, 6.07) is 0. The maximum Gasteiger partial charge on any atom is 0.222 e. The molecule has 0 unspecified atom stereocenters. The van der Waals surface area contributed by atoms with Gasteiger partial charge in [0, 0.05) is 19.5 Å². The largest absolute Gasteiger partial charge is 0.338 e. The van der Waals surface area contributed by atoms with Crippen molar-refractivity contribution >= 4 is 5.91 Å². The molecule has 1 fully saturated rings. The van der Waals surface area contributed by atoms with E-state index in [1.807, 2.05) is 30.1 Å². The van der Waals surface area contributed by atoms with E-state index in [0.717, 1.165) is 25.1 Å². The number of carbonyl (C=O) groups excluding carboxylic acids is 1. The summed E-state index contributed by atoms with van der Waals surface area (Å²) in [5.41, 5.74) is 1.14. The molecule has 1 heterocycles. The summed E-state index contributed by atoms with van der Waals surface area (Å²) in [5, 5.41) is 0. The zero-order valence-corrected chi connectivity index (χ0v) is 8.70. The molecule has 76 valence electrons. The van der Waals surface area contributed by atoms with E-state index in [1.165, 1.54) is 0 Å². The monoisotopic (exact) mass is 191 g/mol. The van der Waals surface area contributed by atoms with E-state index in [2.05, 4.69) is 6.58 Å². The number of likely N-dealkylation sites (tertiary alicyclic amines) is 1. The highest BCUT2D eigenvalue weighted by Crippen LogP contribution is 2.12. The Labute approximate surface area is 85.6 Å². The van der Waals surface area contributed by atoms with E-state index in [9.17, 15) is 4.79 Å². The zero-order chi connectivity index (χ0) is 10.4. The smallest absolute Gasteiger partial charge is 0.222 e. The van der Waals surface area contributed by atoms with E-state index >= 15 is 0 Å². The van der Waals surface area contributed by atoms with Crippen molar-refractivity contribution in [1.82, 2.24) is 4.90 Å². The third-order valence-corrected chi connectivity index (χ3v) is 2.26. The highest BCUT2D eigenvalue weighted by molar-refractivity contribution is 5.78. The van der Waals surface area contributed by atoms with Crippen molar-refractivity contribution in [2.75, 3.05) is 13.1 Å². The van der Waals surface area contributed by atoms with Crippen LogP contribution in [0.3, 0.4) is 0 Å². The topological polar surface area (TPSA) is 20.3 Å². The highest BCUT2D eigenvalue weighted by Gasteiger charge is 2.19. The first-order chi connectivity index (χ1) is 6.77. The van der Waals surface area contributed by atoms with Gasteiger partial charge in [-0.05, 0) is 18.9 Å². The molecule has 14 heavy (non-hydrogen) atoms. The first kappa shape index (κ1) is 10.8. The van der Waals surface area contributed by atoms with Crippen molar-refractivity contribution < 1.29 is 4.79 Å². The van der Waals surface area contributed by atoms with Crippen LogP contribution in [0.2, 0.25) is 0 Å². The molecule has 2 nitrogen and oxygen atoms in total. The SMILES string of the molecule is C=C/C=C(\C=C/C)CN1CCCC1=O. The molecule has 0 aliphatic carbocycles. The van der Waals surface area contributed by atoms with Crippen LogP contribution in [0.4, 0.5) is 0 Å². The fraction of sp³-hybridized carbons (Fsp3) is 0.417. The Morgan fingerprint density at radius 3 is 2.93 bits per heavy atom. The molecule has 0 bridgehead atoms. The molecule has 0 N–H and O–H groups in total. The van der Waals surface area contributed by atoms with Crippen molar-refractivity contribution in [3.05, 3.63) is 36.5 Å². The van der Waals surface area contributed by atoms with Gasteiger partial charge < -0.3 is 4.90 Å². The van der Waals surface area contributed by atoms with E-state index < -0.39 is 0 Å². The summed E-state index contributed by atoms with van der Waals surface area (Å²) in [6.07, 6.45) is 9.41. The quantitative estimate of drug-likeness (QED) is 0.624. The number of hydrogen-bond acceptors (Lipinski definition) is 1. The van der Waals surface area contributed by atoms with Crippen molar-refractivity contribution in [1.29, 1.82) is 0 Å². The first-order valence-corrected chi connectivity index (χ1v) is 5.00. The minimum Gasteiger partial charge on any atom is -0.338 e. The van der Waals surface area contributed by atoms with Crippen molar-refractivity contribution in [3.63, 3.8) is 0 Å². The first-order valence-electron chi connectivity index (χ1n) is 5.00. The lowest BCUT2D eigenvalue weighted by Gasteiger charge is -2.15. The Bertz CT molecular complexity index is 276.